The van der Waals surface area contributed by atoms with E-state index in [2.05, 4.69) is 13.8 Å². The number of benzene rings is 2. The first-order valence-electron chi connectivity index (χ1n) is 10.3. The number of hydrogen-bond donors (Lipinski definition) is 0. The van der Waals surface area contributed by atoms with E-state index in [0.29, 0.717) is 12.5 Å². The second-order valence-corrected chi connectivity index (χ2v) is 10.6. The first-order valence-corrected chi connectivity index (χ1v) is 12.1. The number of carbonyl (C=O) groups excluding carboxylic acids is 1. The lowest BCUT2D eigenvalue weighted by Gasteiger charge is -2.43. The summed E-state index contributed by atoms with van der Waals surface area (Å²) in [6, 6.07) is 15.0. The Labute approximate surface area is 178 Å². The second-order valence-electron chi connectivity index (χ2n) is 8.44. The summed E-state index contributed by atoms with van der Waals surface area (Å²) in [5.74, 6) is 1.14. The average Bonchev–Trinajstić information content (AvgIpc) is 3.03. The molecule has 0 spiro atoms. The van der Waals surface area contributed by atoms with E-state index in [1.165, 1.54) is 5.56 Å². The molecule has 4 rings (SSSR count). The molecule has 0 aromatic heterocycles. The maximum absolute atomic E-state index is 13.2. The van der Waals surface area contributed by atoms with E-state index < -0.39 is 9.84 Å². The van der Waals surface area contributed by atoms with Gasteiger partial charge in [-0.1, -0.05) is 44.2 Å². The third kappa shape index (κ3) is 3.96. The predicted molar refractivity (Wildman–Crippen MR) is 118 cm³/mol. The lowest BCUT2D eigenvalue weighted by Crippen LogP contribution is -2.61. The van der Waals surface area contributed by atoms with Crippen molar-refractivity contribution in [1.82, 2.24) is 4.90 Å². The third-order valence-corrected chi connectivity index (χ3v) is 7.80. The van der Waals surface area contributed by atoms with Crippen molar-refractivity contribution >= 4 is 21.4 Å². The Hall–Kier alpha value is -2.38. The van der Waals surface area contributed by atoms with Crippen LogP contribution in [-0.2, 0) is 21.2 Å². The van der Waals surface area contributed by atoms with E-state index in [1.807, 2.05) is 53.4 Å². The monoisotopic (exact) mass is 428 g/mol. The van der Waals surface area contributed by atoms with Gasteiger partial charge >= 0.3 is 0 Å². The Morgan fingerprint density at radius 1 is 1.03 bits per heavy atom. The minimum absolute atomic E-state index is 0.00222. The van der Waals surface area contributed by atoms with Crippen LogP contribution in [0.15, 0.2) is 48.5 Å². The van der Waals surface area contributed by atoms with Gasteiger partial charge < -0.3 is 9.64 Å². The van der Waals surface area contributed by atoms with Crippen LogP contribution in [0.2, 0.25) is 0 Å². The summed E-state index contributed by atoms with van der Waals surface area (Å²) >= 11 is 0. The predicted octanol–water partition coefficient (Wildman–Crippen LogP) is 2.83. The number of anilines is 1. The molecular weight excluding hydrogens is 400 g/mol. The smallest absolute Gasteiger partial charge is 0.241 e. The number of hydrogen-bond acceptors (Lipinski definition) is 5. The zero-order valence-electron chi connectivity index (χ0n) is 17.6. The SMILES string of the molecule is COc1ccccc1CN1CC(=O)N(c2ccc(C(C)C)cc2)[C@@H]2CS(=O)(=O)C[C@@H]21. The van der Waals surface area contributed by atoms with Crippen molar-refractivity contribution in [3.05, 3.63) is 59.7 Å². The van der Waals surface area contributed by atoms with Gasteiger partial charge in [-0.25, -0.2) is 8.42 Å². The minimum atomic E-state index is -3.22. The summed E-state index contributed by atoms with van der Waals surface area (Å²) < 4.78 is 30.6. The maximum Gasteiger partial charge on any atom is 0.241 e. The highest BCUT2D eigenvalue weighted by Crippen LogP contribution is 2.34. The number of sulfone groups is 1. The summed E-state index contributed by atoms with van der Waals surface area (Å²) in [7, 11) is -1.61. The standard InChI is InChI=1S/C23H28N2O4S/c1-16(2)17-8-10-19(11-9-17)25-21-15-30(27,28)14-20(21)24(13-23(25)26)12-18-6-4-5-7-22(18)29-3/h4-11,16,20-21H,12-15H2,1-3H3/t20-,21+/m0/s1. The molecule has 2 saturated heterocycles. The third-order valence-electron chi connectivity index (χ3n) is 6.11. The Balaban J connectivity index is 1.65. The van der Waals surface area contributed by atoms with Crippen molar-refractivity contribution < 1.29 is 17.9 Å². The molecule has 2 atom stereocenters. The van der Waals surface area contributed by atoms with E-state index in [0.717, 1.165) is 17.0 Å². The van der Waals surface area contributed by atoms with Crippen molar-refractivity contribution in [2.24, 2.45) is 0 Å². The lowest BCUT2D eigenvalue weighted by molar-refractivity contribution is -0.123. The van der Waals surface area contributed by atoms with Gasteiger partial charge in [0.2, 0.25) is 5.91 Å². The number of piperazine rings is 1. The Kier molecular flexibility index (Phi) is 5.59. The molecule has 2 aliphatic rings. The Morgan fingerprint density at radius 2 is 1.70 bits per heavy atom. The molecule has 1 amide bonds. The van der Waals surface area contributed by atoms with Crippen LogP contribution >= 0.6 is 0 Å². The summed E-state index contributed by atoms with van der Waals surface area (Å²) in [6.07, 6.45) is 0. The van der Waals surface area contributed by atoms with Gasteiger partial charge in [0.05, 0.1) is 31.2 Å². The topological polar surface area (TPSA) is 66.9 Å². The first-order chi connectivity index (χ1) is 14.3. The van der Waals surface area contributed by atoms with Crippen molar-refractivity contribution in [3.8, 4) is 5.75 Å². The molecule has 0 aliphatic carbocycles. The fourth-order valence-electron chi connectivity index (χ4n) is 4.54. The zero-order chi connectivity index (χ0) is 21.5. The van der Waals surface area contributed by atoms with E-state index in [-0.39, 0.29) is 36.0 Å². The number of amides is 1. The molecule has 2 heterocycles. The summed E-state index contributed by atoms with van der Waals surface area (Å²) in [4.78, 5) is 16.9. The molecule has 0 unspecified atom stereocenters. The molecule has 2 aromatic carbocycles. The van der Waals surface area contributed by atoms with Gasteiger partial charge in [0.25, 0.3) is 0 Å². The number of para-hydroxylation sites is 1. The molecule has 160 valence electrons. The number of ether oxygens (including phenoxy) is 1. The largest absolute Gasteiger partial charge is 0.496 e. The van der Waals surface area contributed by atoms with Crippen LogP contribution in [0.3, 0.4) is 0 Å². The quantitative estimate of drug-likeness (QED) is 0.733. The van der Waals surface area contributed by atoms with Gasteiger partial charge in [0, 0.05) is 23.8 Å². The maximum atomic E-state index is 13.2. The molecule has 0 bridgehead atoms. The number of methoxy groups -OCH3 is 1. The molecule has 2 aliphatic heterocycles. The number of fused-ring (bicyclic) bond motifs is 1. The summed E-state index contributed by atoms with van der Waals surface area (Å²) in [6.45, 7) is 4.90. The van der Waals surface area contributed by atoms with Crippen LogP contribution in [0.25, 0.3) is 0 Å². The molecule has 0 N–H and O–H groups in total. The van der Waals surface area contributed by atoms with Gasteiger partial charge in [-0.3, -0.25) is 9.69 Å². The van der Waals surface area contributed by atoms with E-state index in [4.69, 9.17) is 4.74 Å². The molecule has 30 heavy (non-hydrogen) atoms. The normalized spacial score (nSPS) is 23.6. The van der Waals surface area contributed by atoms with Gasteiger partial charge in [0.15, 0.2) is 9.84 Å². The number of carbonyl (C=O) groups is 1. The zero-order valence-corrected chi connectivity index (χ0v) is 18.4. The van der Waals surface area contributed by atoms with E-state index >= 15 is 0 Å². The van der Waals surface area contributed by atoms with Crippen LogP contribution in [0.4, 0.5) is 5.69 Å². The first kappa shape index (κ1) is 20.9. The molecule has 2 fully saturated rings. The van der Waals surface area contributed by atoms with Crippen LogP contribution in [0, 0.1) is 0 Å². The highest BCUT2D eigenvalue weighted by molar-refractivity contribution is 7.91. The summed E-state index contributed by atoms with van der Waals surface area (Å²) in [5, 5.41) is 0. The van der Waals surface area contributed by atoms with Gasteiger partial charge in [-0.15, -0.1) is 0 Å². The van der Waals surface area contributed by atoms with E-state index in [9.17, 15) is 13.2 Å². The van der Waals surface area contributed by atoms with Crippen LogP contribution in [0.1, 0.15) is 30.9 Å². The Bertz CT molecular complexity index is 1030. The second kappa shape index (κ2) is 8.04. The lowest BCUT2D eigenvalue weighted by atomic mass is 9.99. The molecule has 0 saturated carbocycles. The highest BCUT2D eigenvalue weighted by Gasteiger charge is 2.49. The molecule has 2 aromatic rings. The molecule has 6 nitrogen and oxygen atoms in total. The van der Waals surface area contributed by atoms with E-state index in [1.54, 1.807) is 12.0 Å². The van der Waals surface area contributed by atoms with Gasteiger partial charge in [-0.05, 0) is 29.7 Å². The fourth-order valence-corrected chi connectivity index (χ4v) is 6.52. The Morgan fingerprint density at radius 3 is 2.37 bits per heavy atom. The summed E-state index contributed by atoms with van der Waals surface area (Å²) in [5.41, 5.74) is 2.91. The van der Waals surface area contributed by atoms with Crippen molar-refractivity contribution in [2.75, 3.05) is 30.1 Å². The molecule has 0 radical (unpaired) electrons. The van der Waals surface area contributed by atoms with Gasteiger partial charge in [-0.2, -0.15) is 0 Å². The fraction of sp³-hybridized carbons (Fsp3) is 0.435. The average molecular weight is 429 g/mol. The number of rotatable bonds is 5. The van der Waals surface area contributed by atoms with Crippen LogP contribution < -0.4 is 9.64 Å². The number of nitrogens with zero attached hydrogens (tertiary/aromatic N) is 2. The van der Waals surface area contributed by atoms with Crippen molar-refractivity contribution in [3.63, 3.8) is 0 Å². The van der Waals surface area contributed by atoms with Crippen LogP contribution in [-0.4, -0.2) is 56.5 Å². The highest BCUT2D eigenvalue weighted by atomic mass is 32.2. The van der Waals surface area contributed by atoms with Crippen LogP contribution in [0.5, 0.6) is 5.75 Å². The molecule has 7 heteroatoms. The van der Waals surface area contributed by atoms with Crippen molar-refractivity contribution in [1.29, 1.82) is 0 Å². The minimum Gasteiger partial charge on any atom is -0.496 e. The van der Waals surface area contributed by atoms with Crippen molar-refractivity contribution in [2.45, 2.75) is 38.4 Å². The van der Waals surface area contributed by atoms with Gasteiger partial charge in [0.1, 0.15) is 5.75 Å². The molecular formula is C23H28N2O4S.